The number of hydrogen-bond donors (Lipinski definition) is 3. The maximum absolute atomic E-state index is 12.5. The van der Waals surface area contributed by atoms with Crippen LogP contribution in [0.1, 0.15) is 79.7 Å². The average Bonchev–Trinajstić information content (AvgIpc) is 3.65. The van der Waals surface area contributed by atoms with Crippen molar-refractivity contribution in [3.63, 3.8) is 0 Å². The van der Waals surface area contributed by atoms with Gasteiger partial charge in [-0.3, -0.25) is 24.5 Å². The maximum Gasteiger partial charge on any atom is 0.349 e. The zero-order valence-electron chi connectivity index (χ0n) is 35.2. The summed E-state index contributed by atoms with van der Waals surface area (Å²) in [5, 5.41) is 3.60. The molecule has 3 N–H and O–H groups in total. The highest BCUT2D eigenvalue weighted by Crippen LogP contribution is 2.35. The third kappa shape index (κ3) is 8.57. The van der Waals surface area contributed by atoms with Crippen LogP contribution in [0.5, 0.6) is 0 Å². The Morgan fingerprint density at radius 2 is 1.25 bits per heavy atom. The van der Waals surface area contributed by atoms with Gasteiger partial charge >= 0.3 is 11.4 Å². The van der Waals surface area contributed by atoms with Crippen LogP contribution in [0.2, 0.25) is 0 Å². The fourth-order valence-electron chi connectivity index (χ4n) is 9.01. The lowest BCUT2D eigenvalue weighted by Crippen LogP contribution is -2.36. The Morgan fingerprint density at radius 3 is 1.85 bits per heavy atom. The molecule has 1 aliphatic carbocycles. The first-order valence-corrected chi connectivity index (χ1v) is 21.2. The number of benzene rings is 3. The monoisotopic (exact) mass is 810 g/mol. The highest BCUT2D eigenvalue weighted by Gasteiger charge is 2.29. The molecule has 0 radical (unpaired) electrons. The lowest BCUT2D eigenvalue weighted by atomic mass is 9.76. The second-order valence-corrected chi connectivity index (χ2v) is 17.2. The molecule has 14 heteroatoms. The molecule has 3 aromatic carbocycles. The summed E-state index contributed by atoms with van der Waals surface area (Å²) in [6.07, 6.45) is 8.68. The second kappa shape index (κ2) is 17.0. The molecule has 5 aliphatic heterocycles. The minimum absolute atomic E-state index is 0.208. The Kier molecular flexibility index (Phi) is 11.6. The molecule has 2 fully saturated rings. The number of nitrogens with zero attached hydrogens (tertiary/aromatic N) is 7. The quantitative estimate of drug-likeness (QED) is 0.122. The number of likely N-dealkylation sites (tertiary alicyclic amines) is 1. The standard InChI is InChI=1S/C24H25N5O2.C22H29N5O2/c1-15-11-19-20(12-16(15)2)29(22-21(25-19)23(30)27-24(31)26-22)14-18-9-6-10-28(18)13-17-7-4-3-5-8-17;1-14-11-16-17(12-15(14)2)27(19-18(24-16)20(28)26-21(29)25-19)10-9-23-13-22(3)7-5-4-6-8-22/h3-5,7-8,11-12,18H,6,9-10,13-14H2,1-2H3,(H,27,30,31);11-12,23H,4-10,13H2,1-3H3,(H,26,28,29). The molecule has 1 saturated heterocycles. The Morgan fingerprint density at radius 1 is 0.700 bits per heavy atom. The lowest BCUT2D eigenvalue weighted by molar-refractivity contribution is 0.207. The highest BCUT2D eigenvalue weighted by molar-refractivity contribution is 5.82. The van der Waals surface area contributed by atoms with Gasteiger partial charge in [-0.2, -0.15) is 9.97 Å². The van der Waals surface area contributed by atoms with Gasteiger partial charge in [0.25, 0.3) is 11.1 Å². The SMILES string of the molecule is Cc1cc2nc3c(=O)[nH]c(=O)nc-3n(CC3CCCN3Cc3ccccc3)c2cc1C.Cc1cc2nc3c(=O)[nH]c(=O)nc-3n(CCNCC3(C)CCCCC3)c2cc1C. The molecular weight excluding hydrogens is 757 g/mol. The number of fused-ring (bicyclic) bond motifs is 4. The number of nitrogens with one attached hydrogen (secondary N) is 3. The molecule has 60 heavy (non-hydrogen) atoms. The van der Waals surface area contributed by atoms with E-state index in [0.29, 0.717) is 30.2 Å². The second-order valence-electron chi connectivity index (χ2n) is 17.2. The predicted molar refractivity (Wildman–Crippen MR) is 235 cm³/mol. The summed E-state index contributed by atoms with van der Waals surface area (Å²) < 4.78 is 3.98. The van der Waals surface area contributed by atoms with Crippen LogP contribution in [0.4, 0.5) is 0 Å². The Labute approximate surface area is 347 Å². The topological polar surface area (TPSA) is 177 Å². The van der Waals surface area contributed by atoms with E-state index in [0.717, 1.165) is 83.3 Å². The fraction of sp³-hybridized carbons (Fsp3) is 0.435. The van der Waals surface area contributed by atoms with E-state index in [2.05, 4.69) is 97.3 Å². The first-order chi connectivity index (χ1) is 28.9. The minimum Gasteiger partial charge on any atom is -0.321 e. The molecule has 0 aromatic heterocycles. The molecular formula is C46H54N10O4. The third-order valence-electron chi connectivity index (χ3n) is 12.7. The van der Waals surface area contributed by atoms with Gasteiger partial charge in [0.15, 0.2) is 23.0 Å². The van der Waals surface area contributed by atoms with Gasteiger partial charge in [-0.25, -0.2) is 19.6 Å². The van der Waals surface area contributed by atoms with Crippen LogP contribution in [-0.4, -0.2) is 69.6 Å². The number of aromatic amines is 2. The van der Waals surface area contributed by atoms with E-state index in [1.54, 1.807) is 0 Å². The molecule has 0 amide bonds. The van der Waals surface area contributed by atoms with Crippen molar-refractivity contribution < 1.29 is 0 Å². The van der Waals surface area contributed by atoms with E-state index in [9.17, 15) is 19.2 Å². The predicted octanol–water partition coefficient (Wildman–Crippen LogP) is 5.63. The van der Waals surface area contributed by atoms with E-state index in [-0.39, 0.29) is 17.4 Å². The third-order valence-corrected chi connectivity index (χ3v) is 12.7. The number of rotatable bonds is 9. The van der Waals surface area contributed by atoms with Crippen LogP contribution >= 0.6 is 0 Å². The van der Waals surface area contributed by atoms with Crippen molar-refractivity contribution in [1.29, 1.82) is 0 Å². The van der Waals surface area contributed by atoms with Crippen LogP contribution < -0.4 is 27.8 Å². The van der Waals surface area contributed by atoms with Crippen LogP contribution in [0, 0.1) is 33.1 Å². The van der Waals surface area contributed by atoms with Gasteiger partial charge in [0.05, 0.1) is 22.1 Å². The summed E-state index contributed by atoms with van der Waals surface area (Å²) in [7, 11) is 0. The zero-order chi connectivity index (χ0) is 42.1. The summed E-state index contributed by atoms with van der Waals surface area (Å²) in [5.74, 6) is 0.705. The van der Waals surface area contributed by atoms with Crippen LogP contribution in [0.3, 0.4) is 0 Å². The summed E-state index contributed by atoms with van der Waals surface area (Å²) >= 11 is 0. The smallest absolute Gasteiger partial charge is 0.321 e. The first-order valence-electron chi connectivity index (χ1n) is 21.2. The normalized spacial score (nSPS) is 16.8. The summed E-state index contributed by atoms with van der Waals surface area (Å²) in [5.41, 5.74) is 7.60. The summed E-state index contributed by atoms with van der Waals surface area (Å²) in [4.78, 5) is 73.0. The molecule has 1 saturated carbocycles. The minimum atomic E-state index is -0.635. The Balaban J connectivity index is 0.000000167. The molecule has 6 aliphatic rings. The zero-order valence-corrected chi connectivity index (χ0v) is 35.2. The largest absolute Gasteiger partial charge is 0.349 e. The number of hydrogen-bond acceptors (Lipinski definition) is 10. The van der Waals surface area contributed by atoms with Gasteiger partial charge in [-0.05, 0) is 117 Å². The fourth-order valence-corrected chi connectivity index (χ4v) is 9.01. The molecule has 312 valence electrons. The van der Waals surface area contributed by atoms with Gasteiger partial charge in [-0.15, -0.1) is 0 Å². The van der Waals surface area contributed by atoms with E-state index >= 15 is 0 Å². The first kappa shape index (κ1) is 40.9. The number of aryl methyl sites for hydroxylation is 4. The Bertz CT molecular complexity index is 2850. The van der Waals surface area contributed by atoms with E-state index in [1.165, 1.54) is 37.7 Å². The lowest BCUT2D eigenvalue weighted by Gasteiger charge is -2.34. The van der Waals surface area contributed by atoms with Crippen molar-refractivity contribution >= 4 is 22.1 Å². The van der Waals surface area contributed by atoms with Crippen LogP contribution in [-0.2, 0) is 19.6 Å². The van der Waals surface area contributed by atoms with Crippen molar-refractivity contribution in [3.8, 4) is 23.0 Å². The molecule has 1 atom stereocenters. The Hall–Kier alpha value is -5.86. The summed E-state index contributed by atoms with van der Waals surface area (Å²) in [6.45, 7) is 15.4. The number of aromatic nitrogens is 8. The van der Waals surface area contributed by atoms with Gasteiger partial charge in [0, 0.05) is 38.8 Å². The van der Waals surface area contributed by atoms with Crippen molar-refractivity contribution in [1.82, 2.24) is 49.3 Å². The molecule has 1 unspecified atom stereocenters. The molecule has 0 bridgehead atoms. The molecule has 9 rings (SSSR count). The van der Waals surface area contributed by atoms with Crippen LogP contribution in [0.25, 0.3) is 45.1 Å². The highest BCUT2D eigenvalue weighted by atomic mass is 16.2. The van der Waals surface area contributed by atoms with Crippen molar-refractivity contribution in [2.24, 2.45) is 5.41 Å². The molecule has 14 nitrogen and oxygen atoms in total. The summed E-state index contributed by atoms with van der Waals surface area (Å²) in [6, 6.07) is 18.9. The molecule has 3 aromatic rings. The van der Waals surface area contributed by atoms with E-state index in [1.807, 2.05) is 41.2 Å². The molecule has 0 spiro atoms. The van der Waals surface area contributed by atoms with Gasteiger partial charge in [-0.1, -0.05) is 56.5 Å². The van der Waals surface area contributed by atoms with Crippen molar-refractivity contribution in [2.45, 2.75) is 105 Å². The van der Waals surface area contributed by atoms with Gasteiger partial charge in [0.1, 0.15) is 0 Å². The van der Waals surface area contributed by atoms with Gasteiger partial charge < -0.3 is 14.5 Å². The van der Waals surface area contributed by atoms with Crippen LogP contribution in [0.15, 0.2) is 73.8 Å². The maximum atomic E-state index is 12.5. The van der Waals surface area contributed by atoms with Gasteiger partial charge in [0.2, 0.25) is 0 Å². The van der Waals surface area contributed by atoms with Crippen molar-refractivity contribution in [2.75, 3.05) is 19.6 Å². The average molecular weight is 811 g/mol. The number of H-pyrrole nitrogens is 2. The molecule has 5 heterocycles. The van der Waals surface area contributed by atoms with E-state index < -0.39 is 22.5 Å². The van der Waals surface area contributed by atoms with Crippen molar-refractivity contribution in [3.05, 3.63) is 124 Å². The van der Waals surface area contributed by atoms with E-state index in [4.69, 9.17) is 0 Å².